The summed E-state index contributed by atoms with van der Waals surface area (Å²) < 4.78 is 5.50. The number of nitrogens with one attached hydrogen (secondary N) is 1. The Hall–Kier alpha value is -1.54. The Morgan fingerprint density at radius 3 is 2.30 bits per heavy atom. The van der Waals surface area contributed by atoms with Crippen molar-refractivity contribution in [3.63, 3.8) is 0 Å². The predicted octanol–water partition coefficient (Wildman–Crippen LogP) is 5.11. The van der Waals surface area contributed by atoms with Crippen molar-refractivity contribution in [3.05, 3.63) is 60.1 Å². The van der Waals surface area contributed by atoms with Crippen LogP contribution in [0.4, 0.5) is 0 Å². The van der Waals surface area contributed by atoms with Gasteiger partial charge in [0.2, 0.25) is 0 Å². The maximum atomic E-state index is 5.50. The molecule has 0 radical (unpaired) electrons. The van der Waals surface area contributed by atoms with Gasteiger partial charge in [-0.3, -0.25) is 0 Å². The van der Waals surface area contributed by atoms with Crippen molar-refractivity contribution in [1.82, 2.24) is 5.32 Å². The molecule has 2 heteroatoms. The maximum Gasteiger partial charge on any atom is 0.120 e. The normalized spacial score (nSPS) is 15.0. The highest BCUT2D eigenvalue weighted by atomic mass is 16.3. The van der Waals surface area contributed by atoms with E-state index >= 15 is 0 Å². The second-order valence-corrected chi connectivity index (χ2v) is 6.63. The minimum Gasteiger partial charge on any atom is -0.468 e. The van der Waals surface area contributed by atoms with Crippen molar-refractivity contribution in [2.75, 3.05) is 0 Å². The lowest BCUT2D eigenvalue weighted by Crippen LogP contribution is -2.28. The number of hydrogen-bond acceptors (Lipinski definition) is 2. The van der Waals surface area contributed by atoms with Gasteiger partial charge in [-0.15, -0.1) is 0 Å². The Morgan fingerprint density at radius 2 is 1.75 bits per heavy atom. The molecular formula is C18H25NO. The van der Waals surface area contributed by atoms with Gasteiger partial charge in [0, 0.05) is 6.04 Å². The zero-order valence-electron chi connectivity index (χ0n) is 12.9. The van der Waals surface area contributed by atoms with Crippen molar-refractivity contribution < 1.29 is 4.42 Å². The molecule has 0 aliphatic heterocycles. The van der Waals surface area contributed by atoms with Gasteiger partial charge in [0.05, 0.1) is 12.3 Å². The number of rotatable bonds is 5. The van der Waals surface area contributed by atoms with E-state index in [-0.39, 0.29) is 11.5 Å². The van der Waals surface area contributed by atoms with Crippen molar-refractivity contribution >= 4 is 0 Å². The van der Waals surface area contributed by atoms with E-state index in [1.807, 2.05) is 12.1 Å². The van der Waals surface area contributed by atoms with Crippen molar-refractivity contribution in [3.8, 4) is 0 Å². The molecule has 0 amide bonds. The van der Waals surface area contributed by atoms with Crippen LogP contribution in [0.3, 0.4) is 0 Å². The Kier molecular flexibility index (Phi) is 4.66. The van der Waals surface area contributed by atoms with E-state index in [4.69, 9.17) is 4.42 Å². The van der Waals surface area contributed by atoms with E-state index < -0.39 is 0 Å². The van der Waals surface area contributed by atoms with Crippen LogP contribution in [-0.4, -0.2) is 0 Å². The fraction of sp³-hybridized carbons (Fsp3) is 0.444. The average molecular weight is 271 g/mol. The van der Waals surface area contributed by atoms with Crippen LogP contribution in [-0.2, 0) is 0 Å². The van der Waals surface area contributed by atoms with Crippen LogP contribution in [0.5, 0.6) is 0 Å². The van der Waals surface area contributed by atoms with E-state index in [1.54, 1.807) is 6.26 Å². The summed E-state index contributed by atoms with van der Waals surface area (Å²) in [5.41, 5.74) is 1.61. The van der Waals surface area contributed by atoms with Gasteiger partial charge in [0.1, 0.15) is 5.76 Å². The lowest BCUT2D eigenvalue weighted by Gasteiger charge is -2.29. The molecule has 1 aromatic carbocycles. The third-order valence-corrected chi connectivity index (χ3v) is 3.44. The summed E-state index contributed by atoms with van der Waals surface area (Å²) in [7, 11) is 0. The van der Waals surface area contributed by atoms with Gasteiger partial charge in [-0.05, 0) is 36.5 Å². The van der Waals surface area contributed by atoms with Crippen LogP contribution < -0.4 is 5.32 Å². The Balaban J connectivity index is 2.15. The van der Waals surface area contributed by atoms with Gasteiger partial charge in [-0.1, -0.05) is 51.1 Å². The minimum atomic E-state index is 0.206. The van der Waals surface area contributed by atoms with Crippen LogP contribution >= 0.6 is 0 Å². The van der Waals surface area contributed by atoms with Crippen LogP contribution in [0.1, 0.15) is 57.5 Å². The second kappa shape index (κ2) is 6.27. The zero-order valence-corrected chi connectivity index (χ0v) is 12.9. The van der Waals surface area contributed by atoms with Crippen molar-refractivity contribution in [1.29, 1.82) is 0 Å². The van der Waals surface area contributed by atoms with E-state index in [9.17, 15) is 0 Å². The molecule has 0 spiro atoms. The topological polar surface area (TPSA) is 25.2 Å². The van der Waals surface area contributed by atoms with Gasteiger partial charge in [0.15, 0.2) is 0 Å². The highest BCUT2D eigenvalue weighted by Gasteiger charge is 2.22. The molecule has 1 N–H and O–H groups in total. The average Bonchev–Trinajstić information content (AvgIpc) is 2.91. The maximum absolute atomic E-state index is 5.50. The molecule has 1 heterocycles. The number of furan rings is 1. The van der Waals surface area contributed by atoms with Crippen molar-refractivity contribution in [2.45, 2.75) is 46.2 Å². The molecule has 1 aromatic heterocycles. The van der Waals surface area contributed by atoms with Gasteiger partial charge in [0.25, 0.3) is 0 Å². The van der Waals surface area contributed by atoms with Crippen molar-refractivity contribution in [2.24, 2.45) is 5.41 Å². The first-order valence-corrected chi connectivity index (χ1v) is 7.30. The molecule has 2 unspecified atom stereocenters. The largest absolute Gasteiger partial charge is 0.468 e. The monoisotopic (exact) mass is 271 g/mol. The Bertz CT molecular complexity index is 496. The van der Waals surface area contributed by atoms with Crippen LogP contribution in [0.2, 0.25) is 0 Å². The Morgan fingerprint density at radius 1 is 1.05 bits per heavy atom. The molecule has 108 valence electrons. The summed E-state index contributed by atoms with van der Waals surface area (Å²) in [6.45, 7) is 8.99. The molecule has 2 rings (SSSR count). The van der Waals surface area contributed by atoms with Gasteiger partial charge < -0.3 is 9.73 Å². The van der Waals surface area contributed by atoms with E-state index in [2.05, 4.69) is 63.3 Å². The summed E-state index contributed by atoms with van der Waals surface area (Å²) in [6, 6.07) is 15.2. The molecule has 2 nitrogen and oxygen atoms in total. The first kappa shape index (κ1) is 14.9. The SMILES string of the molecule is CC(NC(CC(C)(C)C)c1ccccc1)c1ccco1. The van der Waals surface area contributed by atoms with Gasteiger partial charge in [-0.25, -0.2) is 0 Å². The van der Waals surface area contributed by atoms with E-state index in [0.29, 0.717) is 6.04 Å². The summed E-state index contributed by atoms with van der Waals surface area (Å²) in [6.07, 6.45) is 2.82. The smallest absolute Gasteiger partial charge is 0.120 e. The lowest BCUT2D eigenvalue weighted by molar-refractivity contribution is 0.287. The Labute approximate surface area is 122 Å². The predicted molar refractivity (Wildman–Crippen MR) is 83.5 cm³/mol. The first-order valence-electron chi connectivity index (χ1n) is 7.30. The molecular weight excluding hydrogens is 246 g/mol. The zero-order chi connectivity index (χ0) is 14.6. The highest BCUT2D eigenvalue weighted by Crippen LogP contribution is 2.31. The first-order chi connectivity index (χ1) is 9.46. The summed E-state index contributed by atoms with van der Waals surface area (Å²) in [4.78, 5) is 0. The molecule has 0 saturated carbocycles. The summed E-state index contributed by atoms with van der Waals surface area (Å²) in [5, 5.41) is 3.70. The molecule has 0 aliphatic rings. The quantitative estimate of drug-likeness (QED) is 0.817. The molecule has 20 heavy (non-hydrogen) atoms. The lowest BCUT2D eigenvalue weighted by atomic mass is 9.85. The van der Waals surface area contributed by atoms with E-state index in [1.165, 1.54) is 5.56 Å². The fourth-order valence-electron chi connectivity index (χ4n) is 2.49. The summed E-state index contributed by atoms with van der Waals surface area (Å²) in [5.74, 6) is 0.986. The molecule has 2 aromatic rings. The summed E-state index contributed by atoms with van der Waals surface area (Å²) >= 11 is 0. The van der Waals surface area contributed by atoms with E-state index in [0.717, 1.165) is 12.2 Å². The molecule has 0 aliphatic carbocycles. The van der Waals surface area contributed by atoms with Crippen LogP contribution in [0.15, 0.2) is 53.1 Å². The minimum absolute atomic E-state index is 0.206. The molecule has 0 bridgehead atoms. The molecule has 2 atom stereocenters. The third kappa shape index (κ3) is 4.24. The highest BCUT2D eigenvalue weighted by molar-refractivity contribution is 5.20. The third-order valence-electron chi connectivity index (χ3n) is 3.44. The standard InChI is InChI=1S/C18H25NO/c1-14(17-11-8-12-20-17)19-16(13-18(2,3)4)15-9-6-5-7-10-15/h5-12,14,16,19H,13H2,1-4H3. The number of benzene rings is 1. The van der Waals surface area contributed by atoms with Crippen LogP contribution in [0.25, 0.3) is 0 Å². The van der Waals surface area contributed by atoms with Gasteiger partial charge in [-0.2, -0.15) is 0 Å². The van der Waals surface area contributed by atoms with Gasteiger partial charge >= 0.3 is 0 Å². The molecule has 0 saturated heterocycles. The second-order valence-electron chi connectivity index (χ2n) is 6.63. The van der Waals surface area contributed by atoms with Crippen LogP contribution in [0, 0.1) is 5.41 Å². The fourth-order valence-corrected chi connectivity index (χ4v) is 2.49. The number of hydrogen-bond donors (Lipinski definition) is 1. The molecule has 0 fully saturated rings.